The van der Waals surface area contributed by atoms with Crippen molar-refractivity contribution in [2.45, 2.75) is 44.8 Å². The molecule has 22 heavy (non-hydrogen) atoms. The van der Waals surface area contributed by atoms with Crippen molar-refractivity contribution in [3.63, 3.8) is 0 Å². The molecule has 2 fully saturated rings. The number of hydrogen-bond acceptors (Lipinski definition) is 2. The molecule has 2 saturated heterocycles. The Kier molecular flexibility index (Phi) is 3.81. The van der Waals surface area contributed by atoms with Gasteiger partial charge in [0.25, 0.3) is 0 Å². The van der Waals surface area contributed by atoms with Crippen molar-refractivity contribution in [1.82, 2.24) is 15.1 Å². The van der Waals surface area contributed by atoms with Gasteiger partial charge in [0.2, 0.25) is 5.91 Å². The molecule has 0 spiro atoms. The molecule has 5 nitrogen and oxygen atoms in total. The van der Waals surface area contributed by atoms with Gasteiger partial charge in [0, 0.05) is 32.0 Å². The monoisotopic (exact) mass is 301 g/mol. The number of piperidine rings is 1. The highest BCUT2D eigenvalue weighted by Crippen LogP contribution is 2.44. The molecule has 0 aromatic heterocycles. The zero-order chi connectivity index (χ0) is 15.9. The SMILES string of the molecule is CC(=O)N1[C@@H]2CN(C(=O)NC(C)C)C[C@H]1C2c1ccccc1. The van der Waals surface area contributed by atoms with Crippen LogP contribution >= 0.6 is 0 Å². The Bertz CT molecular complexity index is 559. The molecule has 1 aromatic rings. The predicted molar refractivity (Wildman–Crippen MR) is 84.5 cm³/mol. The number of hydrogen-bond donors (Lipinski definition) is 1. The molecule has 2 bridgehead atoms. The average molecular weight is 301 g/mol. The van der Waals surface area contributed by atoms with Gasteiger partial charge in [-0.3, -0.25) is 4.79 Å². The van der Waals surface area contributed by atoms with E-state index in [1.807, 2.05) is 41.8 Å². The highest BCUT2D eigenvalue weighted by Gasteiger charge is 2.55. The topological polar surface area (TPSA) is 52.7 Å². The average Bonchev–Trinajstić information content (AvgIpc) is 2.47. The fraction of sp³-hybridized carbons (Fsp3) is 0.529. The predicted octanol–water partition coefficient (Wildman–Crippen LogP) is 1.80. The van der Waals surface area contributed by atoms with E-state index in [0.29, 0.717) is 19.0 Å². The fourth-order valence-corrected chi connectivity index (χ4v) is 3.77. The maximum absolute atomic E-state index is 12.2. The van der Waals surface area contributed by atoms with Crippen LogP contribution in [0.15, 0.2) is 30.3 Å². The minimum Gasteiger partial charge on any atom is -0.336 e. The van der Waals surface area contributed by atoms with Gasteiger partial charge < -0.3 is 15.1 Å². The van der Waals surface area contributed by atoms with Crippen LogP contribution in [-0.4, -0.2) is 53.0 Å². The van der Waals surface area contributed by atoms with Gasteiger partial charge in [-0.05, 0) is 19.4 Å². The summed E-state index contributed by atoms with van der Waals surface area (Å²) in [5.41, 5.74) is 1.26. The molecular formula is C17H23N3O2. The number of urea groups is 1. The van der Waals surface area contributed by atoms with E-state index in [1.54, 1.807) is 6.92 Å². The van der Waals surface area contributed by atoms with E-state index in [9.17, 15) is 9.59 Å². The van der Waals surface area contributed by atoms with Crippen LogP contribution in [0.3, 0.4) is 0 Å². The number of nitrogens with one attached hydrogen (secondary N) is 1. The van der Waals surface area contributed by atoms with Gasteiger partial charge in [-0.15, -0.1) is 0 Å². The van der Waals surface area contributed by atoms with E-state index in [1.165, 1.54) is 5.56 Å². The number of likely N-dealkylation sites (tertiary alicyclic amines) is 1. The molecule has 0 radical (unpaired) electrons. The van der Waals surface area contributed by atoms with E-state index >= 15 is 0 Å². The maximum atomic E-state index is 12.2. The second kappa shape index (κ2) is 5.63. The van der Waals surface area contributed by atoms with Crippen LogP contribution in [0.1, 0.15) is 32.3 Å². The summed E-state index contributed by atoms with van der Waals surface area (Å²) in [7, 11) is 0. The van der Waals surface area contributed by atoms with Gasteiger partial charge in [-0.25, -0.2) is 4.79 Å². The van der Waals surface area contributed by atoms with Crippen molar-refractivity contribution < 1.29 is 9.59 Å². The van der Waals surface area contributed by atoms with Crippen LogP contribution in [0, 0.1) is 0 Å². The van der Waals surface area contributed by atoms with Crippen LogP contribution in [-0.2, 0) is 4.79 Å². The first-order chi connectivity index (χ1) is 10.5. The standard InChI is InChI=1S/C17H23N3O2/c1-11(2)18-17(22)19-9-14-16(13-7-5-4-6-8-13)15(10-19)20(14)12(3)21/h4-8,11,14-16H,9-10H2,1-3H3,(H,18,22)/t14-,15+,16?. The second-order valence-corrected chi connectivity index (χ2v) is 6.51. The van der Waals surface area contributed by atoms with Crippen LogP contribution in [0.25, 0.3) is 0 Å². The van der Waals surface area contributed by atoms with Crippen molar-refractivity contribution >= 4 is 11.9 Å². The Hall–Kier alpha value is -2.04. The highest BCUT2D eigenvalue weighted by atomic mass is 16.2. The number of rotatable bonds is 2. The first-order valence-electron chi connectivity index (χ1n) is 7.88. The lowest BCUT2D eigenvalue weighted by Gasteiger charge is -2.61. The number of fused-ring (bicyclic) bond motifs is 2. The van der Waals surface area contributed by atoms with E-state index in [-0.39, 0.29) is 30.1 Å². The summed E-state index contributed by atoms with van der Waals surface area (Å²) < 4.78 is 0. The second-order valence-electron chi connectivity index (χ2n) is 6.51. The highest BCUT2D eigenvalue weighted by molar-refractivity contribution is 5.79. The maximum Gasteiger partial charge on any atom is 0.317 e. The largest absolute Gasteiger partial charge is 0.336 e. The van der Waals surface area contributed by atoms with Crippen molar-refractivity contribution in [2.75, 3.05) is 13.1 Å². The number of carbonyl (C=O) groups excluding carboxylic acids is 2. The minimum atomic E-state index is -0.0280. The normalized spacial score (nSPS) is 26.6. The van der Waals surface area contributed by atoms with Gasteiger partial charge >= 0.3 is 6.03 Å². The lowest BCUT2D eigenvalue weighted by molar-refractivity contribution is -0.153. The van der Waals surface area contributed by atoms with Gasteiger partial charge in [-0.2, -0.15) is 0 Å². The molecule has 2 aliphatic heterocycles. The summed E-state index contributed by atoms with van der Waals surface area (Å²) in [5, 5.41) is 2.94. The molecule has 1 N–H and O–H groups in total. The van der Waals surface area contributed by atoms with Crippen molar-refractivity contribution in [3.05, 3.63) is 35.9 Å². The van der Waals surface area contributed by atoms with Gasteiger partial charge in [-0.1, -0.05) is 30.3 Å². The molecule has 3 atom stereocenters. The molecular weight excluding hydrogens is 278 g/mol. The Morgan fingerprint density at radius 3 is 2.23 bits per heavy atom. The quantitative estimate of drug-likeness (QED) is 0.905. The van der Waals surface area contributed by atoms with Crippen LogP contribution in [0.4, 0.5) is 4.79 Å². The van der Waals surface area contributed by atoms with Crippen LogP contribution in [0.5, 0.6) is 0 Å². The third kappa shape index (κ3) is 2.45. The third-order valence-electron chi connectivity index (χ3n) is 4.61. The Morgan fingerprint density at radius 2 is 1.73 bits per heavy atom. The summed E-state index contributed by atoms with van der Waals surface area (Å²) in [5.74, 6) is 0.444. The van der Waals surface area contributed by atoms with E-state index in [2.05, 4.69) is 17.4 Å². The van der Waals surface area contributed by atoms with E-state index in [0.717, 1.165) is 0 Å². The Morgan fingerprint density at radius 1 is 1.14 bits per heavy atom. The van der Waals surface area contributed by atoms with Crippen molar-refractivity contribution in [2.24, 2.45) is 0 Å². The van der Waals surface area contributed by atoms with Crippen LogP contribution in [0.2, 0.25) is 0 Å². The smallest absolute Gasteiger partial charge is 0.317 e. The lowest BCUT2D eigenvalue weighted by Crippen LogP contribution is -2.75. The van der Waals surface area contributed by atoms with Gasteiger partial charge in [0.15, 0.2) is 0 Å². The lowest BCUT2D eigenvalue weighted by atomic mass is 9.72. The molecule has 1 unspecified atom stereocenters. The first kappa shape index (κ1) is 14.9. The molecule has 0 aliphatic carbocycles. The summed E-state index contributed by atoms with van der Waals surface area (Å²) >= 11 is 0. The Labute approximate surface area is 131 Å². The molecule has 5 heteroatoms. The Balaban J connectivity index is 1.77. The molecule has 2 heterocycles. The molecule has 3 rings (SSSR count). The van der Waals surface area contributed by atoms with Gasteiger partial charge in [0.1, 0.15) is 0 Å². The zero-order valence-electron chi connectivity index (χ0n) is 13.3. The zero-order valence-corrected chi connectivity index (χ0v) is 13.3. The molecule has 1 aromatic carbocycles. The summed E-state index contributed by atoms with van der Waals surface area (Å²) in [4.78, 5) is 27.9. The number of carbonyl (C=O) groups is 2. The summed E-state index contributed by atoms with van der Waals surface area (Å²) in [6, 6.07) is 10.6. The van der Waals surface area contributed by atoms with E-state index in [4.69, 9.17) is 0 Å². The van der Waals surface area contributed by atoms with Crippen molar-refractivity contribution in [1.29, 1.82) is 0 Å². The molecule has 118 valence electrons. The fourth-order valence-electron chi connectivity index (χ4n) is 3.77. The number of amides is 3. The van der Waals surface area contributed by atoms with Gasteiger partial charge in [0.05, 0.1) is 12.1 Å². The van der Waals surface area contributed by atoms with E-state index < -0.39 is 0 Å². The minimum absolute atomic E-state index is 0.0280. The van der Waals surface area contributed by atoms with Crippen LogP contribution < -0.4 is 5.32 Å². The number of nitrogens with zero attached hydrogens (tertiary/aromatic N) is 2. The summed E-state index contributed by atoms with van der Waals surface area (Å²) in [6.07, 6.45) is 0. The number of piperazine rings is 1. The first-order valence-corrected chi connectivity index (χ1v) is 7.88. The number of benzene rings is 1. The third-order valence-corrected chi connectivity index (χ3v) is 4.61. The molecule has 0 saturated carbocycles. The molecule has 2 aliphatic rings. The molecule has 3 amide bonds. The van der Waals surface area contributed by atoms with Crippen molar-refractivity contribution in [3.8, 4) is 0 Å². The summed E-state index contributed by atoms with van der Waals surface area (Å²) in [6.45, 7) is 6.74.